The third-order valence-electron chi connectivity index (χ3n) is 2.93. The number of anilines is 1. The maximum atomic E-state index is 11.6. The average molecular weight is 284 g/mol. The highest BCUT2D eigenvalue weighted by Crippen LogP contribution is 2.27. The van der Waals surface area contributed by atoms with Crippen LogP contribution in [0.3, 0.4) is 0 Å². The molecule has 0 aliphatic carbocycles. The van der Waals surface area contributed by atoms with Crippen molar-refractivity contribution in [3.63, 3.8) is 0 Å². The van der Waals surface area contributed by atoms with E-state index < -0.39 is 6.09 Å². The van der Waals surface area contributed by atoms with E-state index in [0.29, 0.717) is 37.7 Å². The van der Waals surface area contributed by atoms with Crippen LogP contribution in [0.2, 0.25) is 0 Å². The van der Waals surface area contributed by atoms with Crippen molar-refractivity contribution in [2.24, 2.45) is 0 Å². The van der Waals surface area contributed by atoms with Gasteiger partial charge < -0.3 is 19.6 Å². The fourth-order valence-corrected chi connectivity index (χ4v) is 2.88. The number of carbonyl (C=O) groups excluding carboxylic acids is 1. The van der Waals surface area contributed by atoms with Gasteiger partial charge in [0.2, 0.25) is 0 Å². The number of piperazine rings is 1. The van der Waals surface area contributed by atoms with Gasteiger partial charge in [-0.25, -0.2) is 9.59 Å². The van der Waals surface area contributed by atoms with Crippen molar-refractivity contribution >= 4 is 28.4 Å². The minimum atomic E-state index is -0.877. The van der Waals surface area contributed by atoms with Gasteiger partial charge in [-0.2, -0.15) is 0 Å². The minimum absolute atomic E-state index is 0.303. The van der Waals surface area contributed by atoms with Gasteiger partial charge in [-0.15, -0.1) is 11.3 Å². The third-order valence-corrected chi connectivity index (χ3v) is 4.06. The van der Waals surface area contributed by atoms with Crippen LogP contribution >= 0.6 is 11.3 Å². The third kappa shape index (κ3) is 3.17. The SMILES string of the molecule is CCOC(=O)c1ccc(N2CCN(C(=O)O)CC2)s1. The Morgan fingerprint density at radius 1 is 1.32 bits per heavy atom. The van der Waals surface area contributed by atoms with E-state index in [4.69, 9.17) is 9.84 Å². The van der Waals surface area contributed by atoms with Crippen LogP contribution in [0.1, 0.15) is 16.6 Å². The molecular weight excluding hydrogens is 268 g/mol. The molecule has 1 fully saturated rings. The van der Waals surface area contributed by atoms with Crippen LogP contribution in [0.4, 0.5) is 9.80 Å². The summed E-state index contributed by atoms with van der Waals surface area (Å²) in [5.74, 6) is -0.303. The summed E-state index contributed by atoms with van der Waals surface area (Å²) in [7, 11) is 0. The van der Waals surface area contributed by atoms with Crippen LogP contribution < -0.4 is 4.90 Å². The first kappa shape index (κ1) is 13.7. The number of rotatable bonds is 3. The van der Waals surface area contributed by atoms with Crippen molar-refractivity contribution in [2.75, 3.05) is 37.7 Å². The van der Waals surface area contributed by atoms with E-state index >= 15 is 0 Å². The van der Waals surface area contributed by atoms with Crippen LogP contribution in [-0.4, -0.2) is 54.9 Å². The molecule has 1 N–H and O–H groups in total. The molecule has 0 bridgehead atoms. The zero-order chi connectivity index (χ0) is 13.8. The number of ether oxygens (including phenoxy) is 1. The Bertz CT molecular complexity index is 466. The zero-order valence-electron chi connectivity index (χ0n) is 10.7. The first-order chi connectivity index (χ1) is 9.11. The van der Waals surface area contributed by atoms with E-state index in [1.54, 1.807) is 13.0 Å². The monoisotopic (exact) mass is 284 g/mol. The maximum absolute atomic E-state index is 11.6. The summed E-state index contributed by atoms with van der Waals surface area (Å²) in [6.07, 6.45) is -0.877. The van der Waals surface area contributed by atoms with Crippen LogP contribution in [0.5, 0.6) is 0 Å². The molecule has 0 atom stereocenters. The Labute approximate surface area is 115 Å². The second kappa shape index (κ2) is 5.92. The smallest absolute Gasteiger partial charge is 0.407 e. The summed E-state index contributed by atoms with van der Waals surface area (Å²) in [5.41, 5.74) is 0. The van der Waals surface area contributed by atoms with Crippen molar-refractivity contribution in [1.82, 2.24) is 4.90 Å². The molecule has 1 aromatic heterocycles. The van der Waals surface area contributed by atoms with E-state index in [-0.39, 0.29) is 5.97 Å². The first-order valence-corrected chi connectivity index (χ1v) is 6.93. The summed E-state index contributed by atoms with van der Waals surface area (Å²) in [6.45, 7) is 4.41. The van der Waals surface area contributed by atoms with Crippen molar-refractivity contribution in [1.29, 1.82) is 0 Å². The van der Waals surface area contributed by atoms with Gasteiger partial charge in [-0.05, 0) is 19.1 Å². The Balaban J connectivity index is 1.97. The Kier molecular flexibility index (Phi) is 4.26. The molecule has 0 aromatic carbocycles. The lowest BCUT2D eigenvalue weighted by atomic mass is 10.3. The largest absolute Gasteiger partial charge is 0.465 e. The Morgan fingerprint density at radius 3 is 2.58 bits per heavy atom. The molecule has 1 aliphatic heterocycles. The highest BCUT2D eigenvalue weighted by molar-refractivity contribution is 7.17. The van der Waals surface area contributed by atoms with Gasteiger partial charge in [0.1, 0.15) is 4.88 Å². The predicted molar refractivity (Wildman–Crippen MR) is 72.1 cm³/mol. The number of nitrogens with zero attached hydrogens (tertiary/aromatic N) is 2. The Hall–Kier alpha value is -1.76. The van der Waals surface area contributed by atoms with Crippen LogP contribution in [0.15, 0.2) is 12.1 Å². The number of esters is 1. The highest BCUT2D eigenvalue weighted by Gasteiger charge is 2.22. The zero-order valence-corrected chi connectivity index (χ0v) is 11.5. The van der Waals surface area contributed by atoms with Gasteiger partial charge in [-0.3, -0.25) is 0 Å². The van der Waals surface area contributed by atoms with Crippen LogP contribution in [0, 0.1) is 0 Å². The van der Waals surface area contributed by atoms with Crippen molar-refractivity contribution in [2.45, 2.75) is 6.92 Å². The van der Waals surface area contributed by atoms with E-state index in [1.807, 2.05) is 6.07 Å². The maximum Gasteiger partial charge on any atom is 0.407 e. The topological polar surface area (TPSA) is 70.1 Å². The molecule has 7 heteroatoms. The van der Waals surface area contributed by atoms with Crippen LogP contribution in [0.25, 0.3) is 0 Å². The van der Waals surface area contributed by atoms with Gasteiger partial charge in [-0.1, -0.05) is 0 Å². The predicted octanol–water partition coefficient (Wildman–Crippen LogP) is 1.72. The van der Waals surface area contributed by atoms with Crippen molar-refractivity contribution < 1.29 is 19.4 Å². The normalized spacial score (nSPS) is 15.4. The number of carbonyl (C=O) groups is 2. The lowest BCUT2D eigenvalue weighted by Crippen LogP contribution is -2.48. The number of hydrogen-bond donors (Lipinski definition) is 1. The van der Waals surface area contributed by atoms with Gasteiger partial charge in [0.05, 0.1) is 11.6 Å². The van der Waals surface area contributed by atoms with E-state index in [2.05, 4.69) is 4.90 Å². The minimum Gasteiger partial charge on any atom is -0.465 e. The van der Waals surface area contributed by atoms with Crippen molar-refractivity contribution in [3.8, 4) is 0 Å². The molecule has 1 aliphatic rings. The fraction of sp³-hybridized carbons (Fsp3) is 0.500. The van der Waals surface area contributed by atoms with Crippen LogP contribution in [-0.2, 0) is 4.74 Å². The second-order valence-electron chi connectivity index (χ2n) is 4.12. The average Bonchev–Trinajstić information content (AvgIpc) is 2.89. The molecular formula is C12H16N2O4S. The summed E-state index contributed by atoms with van der Waals surface area (Å²) in [4.78, 5) is 26.4. The molecule has 1 amide bonds. The van der Waals surface area contributed by atoms with Gasteiger partial charge in [0.25, 0.3) is 0 Å². The molecule has 1 saturated heterocycles. The number of carboxylic acid groups (broad SMARTS) is 1. The molecule has 2 rings (SSSR count). The molecule has 0 saturated carbocycles. The molecule has 1 aromatic rings. The van der Waals surface area contributed by atoms with E-state index in [0.717, 1.165) is 5.00 Å². The highest BCUT2D eigenvalue weighted by atomic mass is 32.1. The summed E-state index contributed by atoms with van der Waals surface area (Å²) < 4.78 is 4.94. The van der Waals surface area contributed by atoms with Crippen molar-refractivity contribution in [3.05, 3.63) is 17.0 Å². The second-order valence-corrected chi connectivity index (χ2v) is 5.18. The van der Waals surface area contributed by atoms with E-state index in [9.17, 15) is 9.59 Å². The molecule has 0 spiro atoms. The quantitative estimate of drug-likeness (QED) is 0.856. The van der Waals surface area contributed by atoms with Gasteiger partial charge >= 0.3 is 12.1 Å². The van der Waals surface area contributed by atoms with Gasteiger partial charge in [0.15, 0.2) is 0 Å². The lowest BCUT2D eigenvalue weighted by Gasteiger charge is -2.33. The number of amides is 1. The fourth-order valence-electron chi connectivity index (χ4n) is 1.93. The van der Waals surface area contributed by atoms with Gasteiger partial charge in [0, 0.05) is 26.2 Å². The lowest BCUT2D eigenvalue weighted by molar-refractivity contribution is 0.0532. The molecule has 104 valence electrons. The molecule has 6 nitrogen and oxygen atoms in total. The molecule has 19 heavy (non-hydrogen) atoms. The van der Waals surface area contributed by atoms with E-state index in [1.165, 1.54) is 16.2 Å². The molecule has 0 radical (unpaired) electrons. The summed E-state index contributed by atoms with van der Waals surface area (Å²) in [5, 5.41) is 9.86. The molecule has 0 unspecified atom stereocenters. The standard InChI is InChI=1S/C12H16N2O4S/c1-2-18-11(15)9-3-4-10(19-9)13-5-7-14(8-6-13)12(16)17/h3-4H,2,5-8H2,1H3,(H,16,17). The molecule has 2 heterocycles. The summed E-state index contributed by atoms with van der Waals surface area (Å²) >= 11 is 1.38. The first-order valence-electron chi connectivity index (χ1n) is 6.11. The number of thiophene rings is 1. The number of hydrogen-bond acceptors (Lipinski definition) is 5. The summed E-state index contributed by atoms with van der Waals surface area (Å²) in [6, 6.07) is 3.63. The Morgan fingerprint density at radius 2 is 2.00 bits per heavy atom.